The van der Waals surface area contributed by atoms with Gasteiger partial charge in [0.15, 0.2) is 0 Å². The molecule has 0 spiro atoms. The highest BCUT2D eigenvalue weighted by Gasteiger charge is 2.28. The lowest BCUT2D eigenvalue weighted by Crippen LogP contribution is -2.48. The van der Waals surface area contributed by atoms with Gasteiger partial charge in [0.05, 0.1) is 4.90 Å². The Kier molecular flexibility index (Phi) is 5.31. The molecule has 0 aromatic heterocycles. The molecule has 0 unspecified atom stereocenters. The Morgan fingerprint density at radius 2 is 1.68 bits per heavy atom. The van der Waals surface area contributed by atoms with E-state index < -0.39 is 10.0 Å². The number of piperazine rings is 1. The van der Waals surface area contributed by atoms with Gasteiger partial charge < -0.3 is 9.80 Å². The molecule has 2 aliphatic rings. The van der Waals surface area contributed by atoms with Crippen LogP contribution in [0.2, 0.25) is 5.02 Å². The molecule has 4 rings (SSSR count). The molecular weight excluding hydrogens is 398 g/mol. The quantitative estimate of drug-likeness (QED) is 0.809. The molecule has 0 radical (unpaired) electrons. The molecule has 1 saturated heterocycles. The van der Waals surface area contributed by atoms with Crippen molar-refractivity contribution in [2.24, 2.45) is 0 Å². The number of carbonyl (C=O) groups is 1. The zero-order valence-corrected chi connectivity index (χ0v) is 16.9. The molecule has 1 amide bonds. The van der Waals surface area contributed by atoms with Crippen molar-refractivity contribution in [1.29, 1.82) is 0 Å². The van der Waals surface area contributed by atoms with Crippen molar-refractivity contribution in [3.63, 3.8) is 0 Å². The third kappa shape index (κ3) is 4.32. The zero-order chi connectivity index (χ0) is 19.7. The van der Waals surface area contributed by atoms with Gasteiger partial charge >= 0.3 is 0 Å². The second kappa shape index (κ2) is 7.73. The van der Waals surface area contributed by atoms with Gasteiger partial charge in [-0.15, -0.1) is 0 Å². The number of halogens is 1. The third-order valence-electron chi connectivity index (χ3n) is 5.05. The molecular formula is C20H22ClN3O3S. The first-order valence-electron chi connectivity index (χ1n) is 9.34. The lowest BCUT2D eigenvalue weighted by molar-refractivity contribution is 0.0746. The molecule has 0 bridgehead atoms. The number of anilines is 1. The van der Waals surface area contributed by atoms with Crippen LogP contribution in [0.25, 0.3) is 0 Å². The summed E-state index contributed by atoms with van der Waals surface area (Å²) >= 11 is 6.06. The second-order valence-corrected chi connectivity index (χ2v) is 9.33. The zero-order valence-electron chi connectivity index (χ0n) is 15.3. The minimum atomic E-state index is -3.50. The average Bonchev–Trinajstić information content (AvgIpc) is 3.51. The highest BCUT2D eigenvalue weighted by Crippen LogP contribution is 2.23. The van der Waals surface area contributed by atoms with Crippen molar-refractivity contribution in [2.75, 3.05) is 31.1 Å². The van der Waals surface area contributed by atoms with Gasteiger partial charge in [0, 0.05) is 48.5 Å². The fourth-order valence-electron chi connectivity index (χ4n) is 3.29. The molecule has 1 aliphatic heterocycles. The number of hydrogen-bond acceptors (Lipinski definition) is 4. The normalized spacial score (nSPS) is 17.6. The van der Waals surface area contributed by atoms with E-state index in [9.17, 15) is 13.2 Å². The average molecular weight is 420 g/mol. The van der Waals surface area contributed by atoms with E-state index in [1.54, 1.807) is 17.0 Å². The molecule has 2 aromatic rings. The van der Waals surface area contributed by atoms with Crippen molar-refractivity contribution in [3.05, 3.63) is 59.1 Å². The van der Waals surface area contributed by atoms with Crippen LogP contribution < -0.4 is 9.62 Å². The first-order chi connectivity index (χ1) is 13.4. The fourth-order valence-corrected chi connectivity index (χ4v) is 4.78. The lowest BCUT2D eigenvalue weighted by atomic mass is 10.1. The van der Waals surface area contributed by atoms with Crippen molar-refractivity contribution in [1.82, 2.24) is 9.62 Å². The van der Waals surface area contributed by atoms with Crippen LogP contribution in [-0.2, 0) is 10.0 Å². The number of nitrogens with one attached hydrogen (secondary N) is 1. The Hall–Kier alpha value is -2.09. The van der Waals surface area contributed by atoms with E-state index >= 15 is 0 Å². The maximum absolute atomic E-state index is 12.8. The summed E-state index contributed by atoms with van der Waals surface area (Å²) in [6, 6.07) is 13.9. The maximum atomic E-state index is 12.8. The van der Waals surface area contributed by atoms with E-state index in [1.165, 1.54) is 12.1 Å². The van der Waals surface area contributed by atoms with Gasteiger partial charge in [-0.05, 0) is 55.3 Å². The van der Waals surface area contributed by atoms with Crippen LogP contribution >= 0.6 is 11.6 Å². The Balaban J connectivity index is 1.38. The van der Waals surface area contributed by atoms with Crippen LogP contribution in [0.15, 0.2) is 53.4 Å². The minimum Gasteiger partial charge on any atom is -0.368 e. The highest BCUT2D eigenvalue weighted by atomic mass is 35.5. The Labute approximate surface area is 170 Å². The summed E-state index contributed by atoms with van der Waals surface area (Å²) in [5.74, 6) is -0.0788. The van der Waals surface area contributed by atoms with Crippen molar-refractivity contribution in [3.8, 4) is 0 Å². The second-order valence-electron chi connectivity index (χ2n) is 7.18. The van der Waals surface area contributed by atoms with Gasteiger partial charge in [-0.25, -0.2) is 13.1 Å². The third-order valence-corrected chi connectivity index (χ3v) is 6.82. The van der Waals surface area contributed by atoms with E-state index in [0.29, 0.717) is 23.7 Å². The molecule has 2 fully saturated rings. The number of rotatable bonds is 5. The van der Waals surface area contributed by atoms with Crippen LogP contribution in [0.1, 0.15) is 23.2 Å². The predicted octanol–water partition coefficient (Wildman–Crippen LogP) is 2.74. The van der Waals surface area contributed by atoms with Crippen LogP contribution in [-0.4, -0.2) is 51.4 Å². The molecule has 1 heterocycles. The van der Waals surface area contributed by atoms with Crippen LogP contribution in [0.3, 0.4) is 0 Å². The first-order valence-corrected chi connectivity index (χ1v) is 11.2. The molecule has 28 heavy (non-hydrogen) atoms. The van der Waals surface area contributed by atoms with E-state index in [0.717, 1.165) is 31.6 Å². The SMILES string of the molecule is O=C(c1ccc(S(=O)(=O)NC2CC2)cc1)N1CCN(c2cccc(Cl)c2)CC1. The van der Waals surface area contributed by atoms with Gasteiger partial charge in [-0.2, -0.15) is 0 Å². The number of hydrogen-bond donors (Lipinski definition) is 1. The molecule has 8 heteroatoms. The summed E-state index contributed by atoms with van der Waals surface area (Å²) in [4.78, 5) is 17.0. The Morgan fingerprint density at radius 1 is 1.00 bits per heavy atom. The summed E-state index contributed by atoms with van der Waals surface area (Å²) in [6.45, 7) is 2.66. The summed E-state index contributed by atoms with van der Waals surface area (Å²) in [5.41, 5.74) is 1.55. The van der Waals surface area contributed by atoms with E-state index in [-0.39, 0.29) is 16.8 Å². The van der Waals surface area contributed by atoms with E-state index in [2.05, 4.69) is 9.62 Å². The Bertz CT molecular complexity index is 966. The lowest BCUT2D eigenvalue weighted by Gasteiger charge is -2.36. The largest absolute Gasteiger partial charge is 0.368 e. The molecule has 148 valence electrons. The first kappa shape index (κ1) is 19.2. The molecule has 1 N–H and O–H groups in total. The molecule has 2 aromatic carbocycles. The van der Waals surface area contributed by atoms with Crippen LogP contribution in [0.5, 0.6) is 0 Å². The number of benzene rings is 2. The number of sulfonamides is 1. The van der Waals surface area contributed by atoms with Crippen LogP contribution in [0, 0.1) is 0 Å². The Morgan fingerprint density at radius 3 is 2.29 bits per heavy atom. The summed E-state index contributed by atoms with van der Waals surface area (Å²) in [5, 5.41) is 0.697. The van der Waals surface area contributed by atoms with Gasteiger partial charge in [0.2, 0.25) is 10.0 Å². The molecule has 6 nitrogen and oxygen atoms in total. The van der Waals surface area contributed by atoms with E-state index in [1.807, 2.05) is 24.3 Å². The highest BCUT2D eigenvalue weighted by molar-refractivity contribution is 7.89. The van der Waals surface area contributed by atoms with Crippen LogP contribution in [0.4, 0.5) is 5.69 Å². The van der Waals surface area contributed by atoms with Crippen molar-refractivity contribution in [2.45, 2.75) is 23.8 Å². The van der Waals surface area contributed by atoms with Gasteiger partial charge in [0.1, 0.15) is 0 Å². The van der Waals surface area contributed by atoms with Crippen molar-refractivity contribution >= 4 is 33.2 Å². The standard InChI is InChI=1S/C20H22ClN3O3S/c21-16-2-1-3-18(14-16)23-10-12-24(13-11-23)20(25)15-4-8-19(9-5-15)28(26,27)22-17-6-7-17/h1-5,8-9,14,17,22H,6-7,10-13H2. The summed E-state index contributed by atoms with van der Waals surface area (Å²) in [7, 11) is -3.50. The summed E-state index contributed by atoms with van der Waals surface area (Å²) < 4.78 is 27.1. The molecule has 0 atom stereocenters. The predicted molar refractivity (Wildman–Crippen MR) is 109 cm³/mol. The number of carbonyl (C=O) groups excluding carboxylic acids is 1. The van der Waals surface area contributed by atoms with Gasteiger partial charge in [0.25, 0.3) is 5.91 Å². The molecule has 1 saturated carbocycles. The molecule has 1 aliphatic carbocycles. The van der Waals surface area contributed by atoms with E-state index in [4.69, 9.17) is 11.6 Å². The minimum absolute atomic E-state index is 0.0575. The number of amides is 1. The monoisotopic (exact) mass is 419 g/mol. The van der Waals surface area contributed by atoms with Gasteiger partial charge in [-0.1, -0.05) is 17.7 Å². The smallest absolute Gasteiger partial charge is 0.253 e. The van der Waals surface area contributed by atoms with Gasteiger partial charge in [-0.3, -0.25) is 4.79 Å². The fraction of sp³-hybridized carbons (Fsp3) is 0.350. The number of nitrogens with zero attached hydrogens (tertiary/aromatic N) is 2. The maximum Gasteiger partial charge on any atom is 0.253 e. The topological polar surface area (TPSA) is 69.7 Å². The van der Waals surface area contributed by atoms with Crippen molar-refractivity contribution < 1.29 is 13.2 Å². The summed E-state index contributed by atoms with van der Waals surface area (Å²) in [6.07, 6.45) is 1.77.